The van der Waals surface area contributed by atoms with Crippen LogP contribution in [0.5, 0.6) is 0 Å². The molecule has 0 saturated heterocycles. The molecule has 3 unspecified atom stereocenters. The highest BCUT2D eigenvalue weighted by Gasteiger charge is 2.38. The molecule has 0 fully saturated rings. The first kappa shape index (κ1) is 31.3. The smallest absolute Gasteiger partial charge is 0.394 e. The second-order valence-corrected chi connectivity index (χ2v) is 9.55. The van der Waals surface area contributed by atoms with E-state index in [0.717, 1.165) is 0 Å². The molecule has 23 heteroatoms. The minimum absolute atomic E-state index is 0.0869. The zero-order chi connectivity index (χ0) is 26.0. The van der Waals surface area contributed by atoms with Crippen LogP contribution < -0.4 is 5.73 Å². The standard InChI is InChI=1S/C5H5N5.C5H10O5.H5O10P3/c6-4-3-5(9-1-7-3)10-2-8-4;6-1-3(8)5(10)4(9)2-7;1-11(2,3)9-13(7,8)10-12(4,5)6/h1-2H,(H3,6,7,8,9,10);1,3-5,7-10H,2H2;(H,7,8)(H2,1,2,3)(H2,4,5,6). The first-order valence-electron chi connectivity index (χ1n) is 7.79. The predicted octanol–water partition coefficient (Wildman–Crippen LogP) is -3.50. The van der Waals surface area contributed by atoms with Gasteiger partial charge in [-0.05, 0) is 0 Å². The first-order valence-corrected chi connectivity index (χ1v) is 12.3. The zero-order valence-electron chi connectivity index (χ0n) is 15.9. The number of phosphoric acid groups is 3. The van der Waals surface area contributed by atoms with Crippen molar-refractivity contribution in [2.75, 3.05) is 12.3 Å². The van der Waals surface area contributed by atoms with Gasteiger partial charge in [-0.1, -0.05) is 0 Å². The monoisotopic (exact) mass is 543 g/mol. The van der Waals surface area contributed by atoms with E-state index >= 15 is 0 Å². The van der Waals surface area contributed by atoms with Gasteiger partial charge >= 0.3 is 23.5 Å². The molecule has 2 rings (SSSR count). The molecule has 2 aromatic rings. The number of imidazole rings is 1. The SMILES string of the molecule is Nc1ncnc2nc[nH]c12.O=CC(O)C(O)C(O)CO.O=P(O)(O)OP(=O)(O)OP(=O)(O)O. The summed E-state index contributed by atoms with van der Waals surface area (Å²) in [6, 6.07) is 0. The lowest BCUT2D eigenvalue weighted by atomic mass is 10.1. The lowest BCUT2D eigenvalue weighted by molar-refractivity contribution is -0.127. The number of hydrogen-bond acceptors (Lipinski definition) is 14. The average molecular weight is 543 g/mol. The van der Waals surface area contributed by atoms with E-state index in [4.69, 9.17) is 50.6 Å². The van der Waals surface area contributed by atoms with Gasteiger partial charge in [0.05, 0.1) is 12.9 Å². The van der Waals surface area contributed by atoms with Crippen LogP contribution in [0.15, 0.2) is 12.7 Å². The Labute approximate surface area is 182 Å². The summed E-state index contributed by atoms with van der Waals surface area (Å²) >= 11 is 0. The Morgan fingerprint density at radius 1 is 1.00 bits per heavy atom. The van der Waals surface area contributed by atoms with E-state index in [-0.39, 0.29) is 6.29 Å². The van der Waals surface area contributed by atoms with Crippen molar-refractivity contribution >= 4 is 46.7 Å². The number of nitrogens with one attached hydrogen (secondary N) is 1. The van der Waals surface area contributed by atoms with Crippen molar-refractivity contribution in [1.82, 2.24) is 19.9 Å². The Morgan fingerprint density at radius 2 is 1.52 bits per heavy atom. The Bertz CT molecular complexity index is 995. The fraction of sp³-hybridized carbons (Fsp3) is 0.400. The number of nitrogens with two attached hydrogens (primary N) is 1. The van der Waals surface area contributed by atoms with Gasteiger partial charge in [-0.25, -0.2) is 28.6 Å². The van der Waals surface area contributed by atoms with Crippen LogP contribution in [0.1, 0.15) is 0 Å². The molecule has 2 aromatic heterocycles. The fourth-order valence-electron chi connectivity index (χ4n) is 1.48. The van der Waals surface area contributed by atoms with E-state index in [1.165, 1.54) is 12.7 Å². The molecule has 0 spiro atoms. The third-order valence-corrected chi connectivity index (χ3v) is 6.09. The van der Waals surface area contributed by atoms with E-state index in [0.29, 0.717) is 17.0 Å². The van der Waals surface area contributed by atoms with Crippen molar-refractivity contribution in [3.8, 4) is 0 Å². The van der Waals surface area contributed by atoms with Crippen molar-refractivity contribution in [2.45, 2.75) is 18.3 Å². The third kappa shape index (κ3) is 13.5. The van der Waals surface area contributed by atoms with Gasteiger partial charge in [0.25, 0.3) is 0 Å². The normalized spacial score (nSPS) is 14.8. The van der Waals surface area contributed by atoms with E-state index in [2.05, 4.69) is 28.6 Å². The van der Waals surface area contributed by atoms with Gasteiger partial charge < -0.3 is 60.4 Å². The van der Waals surface area contributed by atoms with E-state index in [1.807, 2.05) is 0 Å². The molecular formula is C10H20N5O15P3. The molecule has 12 N–H and O–H groups in total. The summed E-state index contributed by atoms with van der Waals surface area (Å²) < 4.78 is 36.4. The van der Waals surface area contributed by atoms with Gasteiger partial charge in [-0.15, -0.1) is 0 Å². The first-order chi connectivity index (χ1) is 14.9. The molecule has 0 radical (unpaired) electrons. The van der Waals surface area contributed by atoms with E-state index < -0.39 is 48.4 Å². The molecule has 0 aliphatic heterocycles. The molecule has 0 saturated carbocycles. The number of aromatic nitrogens is 4. The number of aromatic amines is 1. The minimum Gasteiger partial charge on any atom is -0.394 e. The molecule has 0 aliphatic rings. The molecule has 3 atom stereocenters. The lowest BCUT2D eigenvalue weighted by Gasteiger charge is -2.16. The van der Waals surface area contributed by atoms with Crippen molar-refractivity contribution in [1.29, 1.82) is 0 Å². The topological polar surface area (TPSA) is 349 Å². The van der Waals surface area contributed by atoms with Crippen molar-refractivity contribution < 1.29 is 72.0 Å². The van der Waals surface area contributed by atoms with E-state index in [1.54, 1.807) is 0 Å². The number of nitrogens with zero attached hydrogens (tertiary/aromatic N) is 3. The lowest BCUT2D eigenvalue weighted by Crippen LogP contribution is -2.40. The molecule has 190 valence electrons. The molecule has 0 aliphatic carbocycles. The second-order valence-electron chi connectivity index (χ2n) is 5.34. The van der Waals surface area contributed by atoms with Gasteiger partial charge in [0, 0.05) is 0 Å². The minimum atomic E-state index is -5.46. The highest BCUT2D eigenvalue weighted by atomic mass is 31.3. The van der Waals surface area contributed by atoms with Crippen molar-refractivity contribution in [3.63, 3.8) is 0 Å². The summed E-state index contributed by atoms with van der Waals surface area (Å²) in [6.07, 6.45) is -1.71. The summed E-state index contributed by atoms with van der Waals surface area (Å²) in [5.74, 6) is 0.433. The van der Waals surface area contributed by atoms with Crippen molar-refractivity contribution in [2.24, 2.45) is 0 Å². The van der Waals surface area contributed by atoms with Gasteiger partial charge in [-0.2, -0.15) is 8.62 Å². The number of H-pyrrole nitrogens is 1. The number of anilines is 1. The molecule has 0 bridgehead atoms. The molecule has 0 aromatic carbocycles. The van der Waals surface area contributed by atoms with Gasteiger partial charge in [0.1, 0.15) is 30.2 Å². The largest absolute Gasteiger partial charge is 0.490 e. The molecular weight excluding hydrogens is 523 g/mol. The molecule has 2 heterocycles. The van der Waals surface area contributed by atoms with Gasteiger partial charge in [-0.3, -0.25) is 0 Å². The van der Waals surface area contributed by atoms with Crippen LogP contribution >= 0.6 is 23.5 Å². The Balaban J connectivity index is 0.000000470. The van der Waals surface area contributed by atoms with Gasteiger partial charge in [0.2, 0.25) is 0 Å². The number of carbonyl (C=O) groups excluding carboxylic acids is 1. The summed E-state index contributed by atoms with van der Waals surface area (Å²) in [5, 5.41) is 34.1. The summed E-state index contributed by atoms with van der Waals surface area (Å²) in [4.78, 5) is 64.3. The summed E-state index contributed by atoms with van der Waals surface area (Å²) in [7, 11) is -16.2. The van der Waals surface area contributed by atoms with Crippen molar-refractivity contribution in [3.05, 3.63) is 12.7 Å². The zero-order valence-corrected chi connectivity index (χ0v) is 18.6. The summed E-state index contributed by atoms with van der Waals surface area (Å²) in [5.41, 5.74) is 6.78. The number of fused-ring (bicyclic) bond motifs is 1. The number of aliphatic hydroxyl groups is 4. The predicted molar refractivity (Wildman–Crippen MR) is 103 cm³/mol. The maximum atomic E-state index is 10.4. The van der Waals surface area contributed by atoms with Crippen LogP contribution in [0.3, 0.4) is 0 Å². The number of carbonyl (C=O) groups is 1. The van der Waals surface area contributed by atoms with Gasteiger partial charge in [0.15, 0.2) is 17.8 Å². The highest BCUT2D eigenvalue weighted by molar-refractivity contribution is 7.66. The third-order valence-electron chi connectivity index (χ3n) is 2.74. The maximum Gasteiger partial charge on any atom is 0.490 e. The van der Waals surface area contributed by atoms with Crippen LogP contribution in [-0.4, -0.2) is 96.0 Å². The van der Waals surface area contributed by atoms with Crippen LogP contribution in [0, 0.1) is 0 Å². The second kappa shape index (κ2) is 13.2. The van der Waals surface area contributed by atoms with E-state index in [9.17, 15) is 18.5 Å². The Hall–Kier alpha value is -1.73. The number of rotatable bonds is 8. The molecule has 0 amide bonds. The van der Waals surface area contributed by atoms with Crippen LogP contribution in [0.4, 0.5) is 5.82 Å². The number of hydrogen-bond donors (Lipinski definition) is 11. The molecule has 33 heavy (non-hydrogen) atoms. The van der Waals surface area contributed by atoms with Crippen LogP contribution in [-0.2, 0) is 27.1 Å². The summed E-state index contributed by atoms with van der Waals surface area (Å²) in [6.45, 7) is -0.688. The number of nitrogen functional groups attached to an aromatic ring is 1. The Kier molecular flexibility index (Phi) is 12.5. The Morgan fingerprint density at radius 3 is 1.91 bits per heavy atom. The molecule has 20 nitrogen and oxygen atoms in total. The maximum absolute atomic E-state index is 10.4. The number of aldehydes is 1. The average Bonchev–Trinajstić information content (AvgIpc) is 3.13. The number of aliphatic hydroxyl groups excluding tert-OH is 4. The fourth-order valence-corrected chi connectivity index (χ4v) is 4.02. The van der Waals surface area contributed by atoms with Crippen LogP contribution in [0.2, 0.25) is 0 Å². The highest BCUT2D eigenvalue weighted by Crippen LogP contribution is 2.64. The quantitative estimate of drug-likeness (QED) is 0.114. The van der Waals surface area contributed by atoms with Crippen LogP contribution in [0.25, 0.3) is 11.2 Å².